The summed E-state index contributed by atoms with van der Waals surface area (Å²) >= 11 is 1.08. The molecule has 0 aliphatic heterocycles. The zero-order valence-corrected chi connectivity index (χ0v) is 11.8. The smallest absolute Gasteiger partial charge is 0.282 e. The van der Waals surface area contributed by atoms with Crippen molar-refractivity contribution in [2.75, 3.05) is 5.75 Å². The highest BCUT2D eigenvalue weighted by Gasteiger charge is 2.31. The van der Waals surface area contributed by atoms with Crippen LogP contribution >= 0.6 is 11.8 Å². The maximum absolute atomic E-state index is 14.0. The normalized spacial score (nSPS) is 11.3. The predicted octanol–water partition coefficient (Wildman–Crippen LogP) is 4.77. The number of hydrogen-bond donors (Lipinski definition) is 0. The van der Waals surface area contributed by atoms with E-state index in [0.29, 0.717) is 5.56 Å². The Morgan fingerprint density at radius 3 is 2.20 bits per heavy atom. The summed E-state index contributed by atoms with van der Waals surface area (Å²) in [6, 6.07) is 14.5. The minimum absolute atomic E-state index is 0.0212. The fraction of sp³-hybridized carbons (Fsp3) is 0.188. The van der Waals surface area contributed by atoms with Gasteiger partial charge in [-0.2, -0.15) is 0 Å². The maximum Gasteiger partial charge on any atom is 0.282 e. The highest BCUT2D eigenvalue weighted by atomic mass is 32.2. The largest absolute Gasteiger partial charge is 0.295 e. The zero-order valence-electron chi connectivity index (χ0n) is 11.0. The minimum atomic E-state index is -2.87. The van der Waals surface area contributed by atoms with Gasteiger partial charge in [0.05, 0.1) is 5.75 Å². The summed E-state index contributed by atoms with van der Waals surface area (Å²) in [5.41, 5.74) is 0.608. The Morgan fingerprint density at radius 2 is 1.65 bits per heavy atom. The third kappa shape index (κ3) is 3.67. The summed E-state index contributed by atoms with van der Waals surface area (Å²) < 4.78 is 27.9. The van der Waals surface area contributed by atoms with E-state index in [1.54, 1.807) is 42.5 Å². The minimum Gasteiger partial charge on any atom is -0.295 e. The standard InChI is InChI=1S/C16H14F2OS/c1-12(19)13-7-9-15(10-8-13)20-11-16(17,18)14-5-3-2-4-6-14/h2-10H,11H2,1H3. The van der Waals surface area contributed by atoms with Gasteiger partial charge in [-0.1, -0.05) is 42.5 Å². The molecule has 0 N–H and O–H groups in total. The van der Waals surface area contributed by atoms with E-state index >= 15 is 0 Å². The molecule has 0 spiro atoms. The van der Waals surface area contributed by atoms with Crippen LogP contribution in [0.15, 0.2) is 59.5 Å². The van der Waals surface area contributed by atoms with Crippen LogP contribution in [-0.2, 0) is 5.92 Å². The number of carbonyl (C=O) groups is 1. The van der Waals surface area contributed by atoms with E-state index in [2.05, 4.69) is 0 Å². The molecule has 0 unspecified atom stereocenters. The first-order valence-electron chi connectivity index (χ1n) is 6.16. The molecule has 0 amide bonds. The summed E-state index contributed by atoms with van der Waals surface area (Å²) in [5, 5.41) is 0. The van der Waals surface area contributed by atoms with Gasteiger partial charge in [0, 0.05) is 16.0 Å². The molecule has 20 heavy (non-hydrogen) atoms. The summed E-state index contributed by atoms with van der Waals surface area (Å²) in [4.78, 5) is 11.9. The molecular weight excluding hydrogens is 278 g/mol. The molecule has 0 bridgehead atoms. The summed E-state index contributed by atoms with van der Waals surface area (Å²) in [5.74, 6) is -3.22. The number of thioether (sulfide) groups is 1. The maximum atomic E-state index is 14.0. The van der Waals surface area contributed by atoms with Crippen molar-refractivity contribution >= 4 is 17.5 Å². The SMILES string of the molecule is CC(=O)c1ccc(SCC(F)(F)c2ccccc2)cc1. The van der Waals surface area contributed by atoms with Crippen molar-refractivity contribution in [3.63, 3.8) is 0 Å². The molecule has 0 aliphatic carbocycles. The lowest BCUT2D eigenvalue weighted by molar-refractivity contribution is 0.0231. The number of ketones is 1. The van der Waals surface area contributed by atoms with Crippen molar-refractivity contribution < 1.29 is 13.6 Å². The van der Waals surface area contributed by atoms with Crippen LogP contribution in [0.3, 0.4) is 0 Å². The van der Waals surface area contributed by atoms with Gasteiger partial charge >= 0.3 is 0 Å². The second-order valence-electron chi connectivity index (χ2n) is 4.44. The molecule has 2 rings (SSSR count). The van der Waals surface area contributed by atoms with Gasteiger partial charge in [0.15, 0.2) is 5.78 Å². The Morgan fingerprint density at radius 1 is 1.05 bits per heavy atom. The molecule has 2 aromatic rings. The molecule has 4 heteroatoms. The lowest BCUT2D eigenvalue weighted by Gasteiger charge is -2.16. The fourth-order valence-electron chi connectivity index (χ4n) is 1.73. The van der Waals surface area contributed by atoms with Crippen molar-refractivity contribution in [3.8, 4) is 0 Å². The Kier molecular flexibility index (Phi) is 4.55. The van der Waals surface area contributed by atoms with E-state index in [9.17, 15) is 13.6 Å². The van der Waals surface area contributed by atoms with Gasteiger partial charge in [0.25, 0.3) is 5.92 Å². The van der Waals surface area contributed by atoms with E-state index in [0.717, 1.165) is 16.7 Å². The number of Topliss-reactive ketones (excluding diaryl/α,β-unsaturated/α-hetero) is 1. The van der Waals surface area contributed by atoms with E-state index in [4.69, 9.17) is 0 Å². The Hall–Kier alpha value is -1.68. The number of halogens is 2. The van der Waals surface area contributed by atoms with Crippen molar-refractivity contribution in [1.29, 1.82) is 0 Å². The highest BCUT2D eigenvalue weighted by Crippen LogP contribution is 2.34. The monoisotopic (exact) mass is 292 g/mol. The van der Waals surface area contributed by atoms with Gasteiger partial charge in [-0.05, 0) is 19.1 Å². The van der Waals surface area contributed by atoms with Crippen molar-refractivity contribution in [2.24, 2.45) is 0 Å². The van der Waals surface area contributed by atoms with E-state index < -0.39 is 5.92 Å². The first-order valence-corrected chi connectivity index (χ1v) is 7.15. The summed E-state index contributed by atoms with van der Waals surface area (Å²) in [7, 11) is 0. The zero-order chi connectivity index (χ0) is 14.6. The molecule has 104 valence electrons. The van der Waals surface area contributed by atoms with Crippen LogP contribution in [0.4, 0.5) is 8.78 Å². The van der Waals surface area contributed by atoms with Crippen molar-refractivity contribution in [1.82, 2.24) is 0 Å². The second-order valence-corrected chi connectivity index (χ2v) is 5.49. The van der Waals surface area contributed by atoms with Crippen LogP contribution in [0.2, 0.25) is 0 Å². The number of carbonyl (C=O) groups excluding carboxylic acids is 1. The van der Waals surface area contributed by atoms with Gasteiger partial charge < -0.3 is 0 Å². The van der Waals surface area contributed by atoms with Gasteiger partial charge in [0.1, 0.15) is 0 Å². The van der Waals surface area contributed by atoms with Gasteiger partial charge in [-0.3, -0.25) is 4.79 Å². The lowest BCUT2D eigenvalue weighted by atomic mass is 10.1. The molecule has 0 heterocycles. The van der Waals surface area contributed by atoms with Gasteiger partial charge in [-0.15, -0.1) is 11.8 Å². The van der Waals surface area contributed by atoms with Gasteiger partial charge in [-0.25, -0.2) is 8.78 Å². The van der Waals surface area contributed by atoms with Crippen LogP contribution in [0.1, 0.15) is 22.8 Å². The van der Waals surface area contributed by atoms with Crippen LogP contribution in [0.5, 0.6) is 0 Å². The van der Waals surface area contributed by atoms with Crippen LogP contribution in [0.25, 0.3) is 0 Å². The third-order valence-corrected chi connectivity index (χ3v) is 3.99. The summed E-state index contributed by atoms with van der Waals surface area (Å²) in [6.07, 6.45) is 0. The molecule has 0 aromatic heterocycles. The average Bonchev–Trinajstić information content (AvgIpc) is 2.46. The number of benzene rings is 2. The first-order chi connectivity index (χ1) is 9.49. The Balaban J connectivity index is 2.03. The van der Waals surface area contributed by atoms with Crippen LogP contribution < -0.4 is 0 Å². The van der Waals surface area contributed by atoms with E-state index in [1.807, 2.05) is 0 Å². The quantitative estimate of drug-likeness (QED) is 0.583. The number of alkyl halides is 2. The molecule has 0 aliphatic rings. The first kappa shape index (κ1) is 14.7. The molecule has 0 saturated heterocycles. The molecular formula is C16H14F2OS. The Bertz CT molecular complexity index is 579. The highest BCUT2D eigenvalue weighted by molar-refractivity contribution is 7.99. The predicted molar refractivity (Wildman–Crippen MR) is 77.5 cm³/mol. The number of rotatable bonds is 5. The van der Waals surface area contributed by atoms with Crippen molar-refractivity contribution in [3.05, 3.63) is 65.7 Å². The van der Waals surface area contributed by atoms with E-state index in [-0.39, 0.29) is 17.1 Å². The molecule has 0 fully saturated rings. The van der Waals surface area contributed by atoms with Crippen LogP contribution in [0, 0.1) is 0 Å². The third-order valence-electron chi connectivity index (χ3n) is 2.88. The van der Waals surface area contributed by atoms with Crippen molar-refractivity contribution in [2.45, 2.75) is 17.7 Å². The molecule has 0 atom stereocenters. The van der Waals surface area contributed by atoms with Crippen LogP contribution in [-0.4, -0.2) is 11.5 Å². The molecule has 1 nitrogen and oxygen atoms in total. The number of hydrogen-bond acceptors (Lipinski definition) is 2. The molecule has 2 aromatic carbocycles. The fourth-order valence-corrected chi connectivity index (χ4v) is 2.57. The second kappa shape index (κ2) is 6.18. The average molecular weight is 292 g/mol. The molecule has 0 saturated carbocycles. The molecule has 0 radical (unpaired) electrons. The van der Waals surface area contributed by atoms with E-state index in [1.165, 1.54) is 19.1 Å². The lowest BCUT2D eigenvalue weighted by Crippen LogP contribution is -2.16. The Labute approximate surface area is 121 Å². The summed E-state index contributed by atoms with van der Waals surface area (Å²) in [6.45, 7) is 1.48. The topological polar surface area (TPSA) is 17.1 Å². The van der Waals surface area contributed by atoms with Gasteiger partial charge in [0.2, 0.25) is 0 Å².